The molecule has 0 saturated heterocycles. The minimum atomic E-state index is -5.08. The number of hydrogen-bond acceptors (Lipinski definition) is 5. The number of carboxylic acid groups (broad SMARTS) is 1. The molecule has 1 amide bonds. The molecule has 0 fully saturated rings. The van der Waals surface area contributed by atoms with Gasteiger partial charge in [0.25, 0.3) is 5.91 Å². The average Bonchev–Trinajstić information content (AvgIpc) is 3.24. The number of methoxy groups -OCH3 is 1. The summed E-state index contributed by atoms with van der Waals surface area (Å²) >= 11 is 0. The molecule has 4 rings (SSSR count). The highest BCUT2D eigenvalue weighted by Gasteiger charge is 2.38. The number of fused-ring (bicyclic) bond motifs is 1. The van der Waals surface area contributed by atoms with Gasteiger partial charge in [-0.1, -0.05) is 12.1 Å². The molecule has 0 spiro atoms. The van der Waals surface area contributed by atoms with Gasteiger partial charge in [0.2, 0.25) is 0 Å². The molecular formula is C23H23F3N4O4. The van der Waals surface area contributed by atoms with Gasteiger partial charge in [-0.3, -0.25) is 9.89 Å². The van der Waals surface area contributed by atoms with E-state index < -0.39 is 12.1 Å². The normalized spacial score (nSPS) is 13.1. The Morgan fingerprint density at radius 2 is 1.76 bits per heavy atom. The van der Waals surface area contributed by atoms with E-state index in [0.29, 0.717) is 11.3 Å². The molecule has 1 aliphatic heterocycles. The molecule has 0 bridgehead atoms. The summed E-state index contributed by atoms with van der Waals surface area (Å²) in [6, 6.07) is 11.7. The van der Waals surface area contributed by atoms with Crippen LogP contribution in [0.2, 0.25) is 0 Å². The molecule has 180 valence electrons. The zero-order chi connectivity index (χ0) is 24.7. The molecule has 11 heteroatoms. The van der Waals surface area contributed by atoms with Crippen LogP contribution in [0.25, 0.3) is 11.1 Å². The van der Waals surface area contributed by atoms with Crippen LogP contribution in [-0.4, -0.2) is 53.6 Å². The number of rotatable bonds is 4. The molecule has 0 unspecified atom stereocenters. The molecule has 0 radical (unpaired) electrons. The fourth-order valence-corrected chi connectivity index (χ4v) is 3.42. The van der Waals surface area contributed by atoms with Gasteiger partial charge >= 0.3 is 12.1 Å². The van der Waals surface area contributed by atoms with Crippen LogP contribution in [0.4, 0.5) is 18.9 Å². The summed E-state index contributed by atoms with van der Waals surface area (Å²) in [5.41, 5.74) is 5.83. The van der Waals surface area contributed by atoms with Crippen molar-refractivity contribution in [1.82, 2.24) is 15.5 Å². The van der Waals surface area contributed by atoms with E-state index in [4.69, 9.17) is 14.6 Å². The first kappa shape index (κ1) is 24.8. The topological polar surface area (TPSA) is 116 Å². The number of hydrogen-bond donors (Lipinski definition) is 4. The van der Waals surface area contributed by atoms with E-state index in [1.807, 2.05) is 18.2 Å². The maximum atomic E-state index is 12.8. The highest BCUT2D eigenvalue weighted by molar-refractivity contribution is 6.06. The molecule has 1 aromatic heterocycles. The number of anilines is 1. The first-order valence-electron chi connectivity index (χ1n) is 10.3. The van der Waals surface area contributed by atoms with Gasteiger partial charge in [0.05, 0.1) is 18.9 Å². The number of carbonyl (C=O) groups is 2. The van der Waals surface area contributed by atoms with E-state index in [0.717, 1.165) is 42.7 Å². The Labute approximate surface area is 193 Å². The Hall–Kier alpha value is -3.86. The summed E-state index contributed by atoms with van der Waals surface area (Å²) in [6.45, 7) is 1.96. The molecule has 0 saturated carbocycles. The van der Waals surface area contributed by atoms with E-state index in [2.05, 4.69) is 33.0 Å². The summed E-state index contributed by atoms with van der Waals surface area (Å²) in [7, 11) is 1.57. The van der Waals surface area contributed by atoms with Crippen molar-refractivity contribution in [3.05, 3.63) is 65.5 Å². The van der Waals surface area contributed by atoms with E-state index in [9.17, 15) is 18.0 Å². The third-order valence-corrected chi connectivity index (χ3v) is 5.13. The van der Waals surface area contributed by atoms with Crippen LogP contribution < -0.4 is 15.4 Å². The van der Waals surface area contributed by atoms with Gasteiger partial charge in [-0.15, -0.1) is 0 Å². The van der Waals surface area contributed by atoms with E-state index in [1.165, 1.54) is 11.1 Å². The number of amides is 1. The van der Waals surface area contributed by atoms with Crippen LogP contribution in [0.5, 0.6) is 5.75 Å². The number of aromatic nitrogens is 2. The largest absolute Gasteiger partial charge is 0.496 e. The third kappa shape index (κ3) is 6.35. The number of nitrogens with one attached hydrogen (secondary N) is 3. The smallest absolute Gasteiger partial charge is 0.490 e. The molecule has 4 N–H and O–H groups in total. The van der Waals surface area contributed by atoms with Gasteiger partial charge in [0.15, 0.2) is 0 Å². The molecule has 0 aliphatic carbocycles. The van der Waals surface area contributed by atoms with Crippen LogP contribution >= 0.6 is 0 Å². The second kappa shape index (κ2) is 10.8. The Morgan fingerprint density at radius 1 is 1.06 bits per heavy atom. The lowest BCUT2D eigenvalue weighted by molar-refractivity contribution is -0.192. The first-order chi connectivity index (χ1) is 16.2. The minimum Gasteiger partial charge on any atom is -0.496 e. The number of benzene rings is 2. The number of aromatic amines is 1. The Morgan fingerprint density at radius 3 is 2.38 bits per heavy atom. The molecule has 2 aromatic carbocycles. The van der Waals surface area contributed by atoms with Crippen molar-refractivity contribution >= 4 is 17.6 Å². The van der Waals surface area contributed by atoms with E-state index in [1.54, 1.807) is 25.6 Å². The number of nitrogens with zero attached hydrogens (tertiary/aromatic N) is 1. The van der Waals surface area contributed by atoms with Crippen molar-refractivity contribution in [2.75, 3.05) is 25.5 Å². The summed E-state index contributed by atoms with van der Waals surface area (Å²) in [5, 5.41) is 20.3. The van der Waals surface area contributed by atoms with Crippen molar-refractivity contribution < 1.29 is 32.6 Å². The zero-order valence-electron chi connectivity index (χ0n) is 18.2. The van der Waals surface area contributed by atoms with Gasteiger partial charge in [-0.25, -0.2) is 4.79 Å². The number of aliphatic carboxylic acids is 1. The molecule has 34 heavy (non-hydrogen) atoms. The lowest BCUT2D eigenvalue weighted by Crippen LogP contribution is -2.21. The Kier molecular flexibility index (Phi) is 7.90. The number of halogens is 3. The van der Waals surface area contributed by atoms with Gasteiger partial charge < -0.3 is 20.5 Å². The maximum absolute atomic E-state index is 12.8. The molecular weight excluding hydrogens is 453 g/mol. The predicted molar refractivity (Wildman–Crippen MR) is 119 cm³/mol. The van der Waals surface area contributed by atoms with Gasteiger partial charge in [0.1, 0.15) is 5.75 Å². The van der Waals surface area contributed by atoms with Crippen LogP contribution in [-0.2, 0) is 17.6 Å². The first-order valence-corrected chi connectivity index (χ1v) is 10.3. The van der Waals surface area contributed by atoms with Crippen molar-refractivity contribution in [3.8, 4) is 16.9 Å². The van der Waals surface area contributed by atoms with Gasteiger partial charge in [0, 0.05) is 17.4 Å². The fraction of sp³-hybridized carbons (Fsp3) is 0.261. The van der Waals surface area contributed by atoms with Crippen LogP contribution in [0.3, 0.4) is 0 Å². The summed E-state index contributed by atoms with van der Waals surface area (Å²) in [4.78, 5) is 21.7. The SMILES string of the molecule is COc1cc(-c2cn[nH]c2)ccc1C(=O)Nc1ccc2c(c1)CCNCC2.O=C(O)C(F)(F)F. The monoisotopic (exact) mass is 476 g/mol. The minimum absolute atomic E-state index is 0.183. The number of alkyl halides is 3. The molecule has 3 aromatic rings. The van der Waals surface area contributed by atoms with Gasteiger partial charge in [-0.2, -0.15) is 18.3 Å². The summed E-state index contributed by atoms with van der Waals surface area (Å²) in [6.07, 6.45) is 0.451. The summed E-state index contributed by atoms with van der Waals surface area (Å²) in [5.74, 6) is -2.41. The molecule has 0 atom stereocenters. The van der Waals surface area contributed by atoms with Crippen molar-refractivity contribution in [2.45, 2.75) is 19.0 Å². The fourth-order valence-electron chi connectivity index (χ4n) is 3.42. The highest BCUT2D eigenvalue weighted by Crippen LogP contribution is 2.28. The number of carboxylic acids is 1. The second-order valence-electron chi connectivity index (χ2n) is 7.39. The average molecular weight is 476 g/mol. The number of H-pyrrole nitrogens is 1. The van der Waals surface area contributed by atoms with Crippen molar-refractivity contribution in [3.63, 3.8) is 0 Å². The van der Waals surface area contributed by atoms with Crippen LogP contribution in [0.15, 0.2) is 48.8 Å². The van der Waals surface area contributed by atoms with E-state index in [-0.39, 0.29) is 5.91 Å². The quantitative estimate of drug-likeness (QED) is 0.457. The molecule has 1 aliphatic rings. The van der Waals surface area contributed by atoms with Crippen molar-refractivity contribution in [2.24, 2.45) is 0 Å². The standard InChI is InChI=1S/C21H22N4O2.C2HF3O2/c1-27-20-11-15(17-12-23-24-13-17)3-5-19(20)21(26)25-18-4-2-14-6-8-22-9-7-16(14)10-18;3-2(4,5)1(6)7/h2-5,10-13,22H,6-9H2,1H3,(H,23,24)(H,25,26);(H,6,7). The molecule has 8 nitrogen and oxygen atoms in total. The Balaban J connectivity index is 0.000000406. The Bertz CT molecular complexity index is 1150. The maximum Gasteiger partial charge on any atom is 0.490 e. The lowest BCUT2D eigenvalue weighted by atomic mass is 10.0. The van der Waals surface area contributed by atoms with Crippen molar-refractivity contribution in [1.29, 1.82) is 0 Å². The predicted octanol–water partition coefficient (Wildman–Crippen LogP) is 3.66. The third-order valence-electron chi connectivity index (χ3n) is 5.13. The van der Waals surface area contributed by atoms with Crippen LogP contribution in [0, 0.1) is 0 Å². The summed E-state index contributed by atoms with van der Waals surface area (Å²) < 4.78 is 37.2. The second-order valence-corrected chi connectivity index (χ2v) is 7.39. The number of ether oxygens (including phenoxy) is 1. The van der Waals surface area contributed by atoms with Gasteiger partial charge in [-0.05, 0) is 66.9 Å². The van der Waals surface area contributed by atoms with Crippen LogP contribution in [0.1, 0.15) is 21.5 Å². The zero-order valence-corrected chi connectivity index (χ0v) is 18.2. The van der Waals surface area contributed by atoms with E-state index >= 15 is 0 Å². The number of carbonyl (C=O) groups excluding carboxylic acids is 1. The lowest BCUT2D eigenvalue weighted by Gasteiger charge is -2.13. The highest BCUT2D eigenvalue weighted by atomic mass is 19.4. The molecule has 2 heterocycles.